The molecule has 6 nitrogen and oxygen atoms in total. The third kappa shape index (κ3) is 3.51. The molecule has 1 N–H and O–H groups in total. The Morgan fingerprint density at radius 1 is 1.22 bits per heavy atom. The smallest absolute Gasteiger partial charge is 0.251 e. The first-order chi connectivity index (χ1) is 12.9. The maximum absolute atomic E-state index is 12.8. The highest BCUT2D eigenvalue weighted by Gasteiger charge is 2.26. The molecule has 0 saturated carbocycles. The van der Waals surface area contributed by atoms with Gasteiger partial charge in [0.15, 0.2) is 0 Å². The van der Waals surface area contributed by atoms with Gasteiger partial charge in [-0.25, -0.2) is 8.42 Å². The summed E-state index contributed by atoms with van der Waals surface area (Å²) in [5.74, 6) is 0.652. The van der Waals surface area contributed by atoms with E-state index in [0.717, 1.165) is 36.1 Å². The largest absolute Gasteiger partial charge is 0.493 e. The summed E-state index contributed by atoms with van der Waals surface area (Å²) in [5, 5.41) is 3.09. The number of fused-ring (bicyclic) bond motifs is 2. The van der Waals surface area contributed by atoms with E-state index in [1.54, 1.807) is 12.1 Å². The van der Waals surface area contributed by atoms with Crippen molar-refractivity contribution >= 4 is 21.6 Å². The van der Waals surface area contributed by atoms with E-state index in [-0.39, 0.29) is 11.9 Å². The molecule has 4 rings (SSSR count). The van der Waals surface area contributed by atoms with E-state index >= 15 is 0 Å². The minimum absolute atomic E-state index is 0.0917. The Morgan fingerprint density at radius 3 is 2.85 bits per heavy atom. The molecular weight excluding hydrogens is 364 g/mol. The summed E-state index contributed by atoms with van der Waals surface area (Å²) in [6.07, 6.45) is 3.45. The number of carbonyl (C=O) groups excluding carboxylic acids is 1. The molecule has 0 unspecified atom stereocenters. The molecule has 2 aliphatic rings. The lowest BCUT2D eigenvalue weighted by Crippen LogP contribution is -2.35. The molecule has 1 amide bonds. The fourth-order valence-electron chi connectivity index (χ4n) is 3.78. The van der Waals surface area contributed by atoms with Gasteiger partial charge in [-0.1, -0.05) is 18.2 Å². The Balaban J connectivity index is 1.57. The van der Waals surface area contributed by atoms with Gasteiger partial charge in [0, 0.05) is 24.1 Å². The molecule has 0 radical (unpaired) electrons. The van der Waals surface area contributed by atoms with Gasteiger partial charge in [0.1, 0.15) is 5.75 Å². The number of sulfonamides is 1. The van der Waals surface area contributed by atoms with E-state index in [4.69, 9.17) is 4.74 Å². The van der Waals surface area contributed by atoms with Gasteiger partial charge < -0.3 is 10.1 Å². The summed E-state index contributed by atoms with van der Waals surface area (Å²) in [4.78, 5) is 12.8. The highest BCUT2D eigenvalue weighted by Crippen LogP contribution is 2.33. The summed E-state index contributed by atoms with van der Waals surface area (Å²) in [6.45, 7) is 1.05. The summed E-state index contributed by atoms with van der Waals surface area (Å²) >= 11 is 0. The summed E-state index contributed by atoms with van der Waals surface area (Å²) in [7, 11) is -3.31. The topological polar surface area (TPSA) is 75.7 Å². The minimum Gasteiger partial charge on any atom is -0.493 e. The van der Waals surface area contributed by atoms with Crippen LogP contribution in [0.25, 0.3) is 0 Å². The highest BCUT2D eigenvalue weighted by molar-refractivity contribution is 7.92. The van der Waals surface area contributed by atoms with Crippen LogP contribution in [0.5, 0.6) is 5.75 Å². The fourth-order valence-corrected chi connectivity index (χ4v) is 4.78. The van der Waals surface area contributed by atoms with Crippen LogP contribution in [0, 0.1) is 0 Å². The molecule has 142 valence electrons. The first kappa shape index (κ1) is 17.9. The summed E-state index contributed by atoms with van der Waals surface area (Å²) < 4.78 is 31.0. The van der Waals surface area contributed by atoms with E-state index in [9.17, 15) is 13.2 Å². The zero-order chi connectivity index (χ0) is 19.0. The van der Waals surface area contributed by atoms with Crippen LogP contribution >= 0.6 is 0 Å². The standard InChI is InChI=1S/C20H22N2O4S/c1-27(24,25)22-11-4-5-14-13-15(8-9-18(14)22)20(23)21-17-10-12-26-19-7-3-2-6-16(17)19/h2-3,6-9,13,17H,4-5,10-12H2,1H3,(H,21,23)/t17-/m0/s1. The lowest BCUT2D eigenvalue weighted by Gasteiger charge is -2.30. The molecule has 27 heavy (non-hydrogen) atoms. The lowest BCUT2D eigenvalue weighted by molar-refractivity contribution is 0.0924. The molecule has 2 heterocycles. The summed E-state index contributed by atoms with van der Waals surface area (Å²) in [6, 6.07) is 12.9. The average Bonchev–Trinajstić information content (AvgIpc) is 2.66. The van der Waals surface area contributed by atoms with Gasteiger partial charge in [-0.15, -0.1) is 0 Å². The van der Waals surface area contributed by atoms with Crippen molar-refractivity contribution in [2.45, 2.75) is 25.3 Å². The number of ether oxygens (including phenoxy) is 1. The van der Waals surface area contributed by atoms with Crippen molar-refractivity contribution < 1.29 is 17.9 Å². The molecule has 2 aromatic rings. The van der Waals surface area contributed by atoms with Crippen LogP contribution in [-0.2, 0) is 16.4 Å². The van der Waals surface area contributed by atoms with Crippen molar-refractivity contribution in [3.05, 3.63) is 59.2 Å². The van der Waals surface area contributed by atoms with Gasteiger partial charge in [0.25, 0.3) is 5.91 Å². The zero-order valence-electron chi connectivity index (χ0n) is 15.1. The van der Waals surface area contributed by atoms with Crippen LogP contribution in [-0.4, -0.2) is 33.7 Å². The molecule has 0 bridgehead atoms. The van der Waals surface area contributed by atoms with Crippen molar-refractivity contribution in [1.29, 1.82) is 0 Å². The second-order valence-corrected chi connectivity index (χ2v) is 8.89. The number of anilines is 1. The van der Waals surface area contributed by atoms with Crippen molar-refractivity contribution in [3.8, 4) is 5.75 Å². The van der Waals surface area contributed by atoms with Crippen molar-refractivity contribution in [2.24, 2.45) is 0 Å². The van der Waals surface area contributed by atoms with E-state index in [1.807, 2.05) is 30.3 Å². The van der Waals surface area contributed by atoms with Gasteiger partial charge in [-0.3, -0.25) is 9.10 Å². The molecular formula is C20H22N2O4S. The van der Waals surface area contributed by atoms with Crippen LogP contribution in [0.15, 0.2) is 42.5 Å². The number of para-hydroxylation sites is 1. The lowest BCUT2D eigenvalue weighted by atomic mass is 9.98. The SMILES string of the molecule is CS(=O)(=O)N1CCCc2cc(C(=O)N[C@H]3CCOc4ccccc43)ccc21. The van der Waals surface area contributed by atoms with Gasteiger partial charge in [-0.05, 0) is 42.7 Å². The van der Waals surface area contributed by atoms with E-state index < -0.39 is 10.0 Å². The third-order valence-electron chi connectivity index (χ3n) is 5.08. The quantitative estimate of drug-likeness (QED) is 0.880. The molecule has 2 aliphatic heterocycles. The number of hydrogen-bond acceptors (Lipinski definition) is 4. The number of amides is 1. The van der Waals surface area contributed by atoms with Crippen LogP contribution < -0.4 is 14.4 Å². The second kappa shape index (κ2) is 6.88. The van der Waals surface area contributed by atoms with Crippen LogP contribution in [0.3, 0.4) is 0 Å². The molecule has 0 fully saturated rings. The van der Waals surface area contributed by atoms with Crippen LogP contribution in [0.4, 0.5) is 5.69 Å². The highest BCUT2D eigenvalue weighted by atomic mass is 32.2. The van der Waals surface area contributed by atoms with Gasteiger partial charge in [-0.2, -0.15) is 0 Å². The van der Waals surface area contributed by atoms with Gasteiger partial charge in [0.05, 0.1) is 24.6 Å². The minimum atomic E-state index is -3.31. The van der Waals surface area contributed by atoms with E-state index in [2.05, 4.69) is 5.32 Å². The monoisotopic (exact) mass is 386 g/mol. The fraction of sp³-hybridized carbons (Fsp3) is 0.350. The number of nitrogens with zero attached hydrogens (tertiary/aromatic N) is 1. The predicted molar refractivity (Wildman–Crippen MR) is 104 cm³/mol. The number of benzene rings is 2. The average molecular weight is 386 g/mol. The predicted octanol–water partition coefficient (Wildman–Crippen LogP) is 2.65. The normalized spacial score (nSPS) is 18.9. The Hall–Kier alpha value is -2.54. The maximum atomic E-state index is 12.8. The maximum Gasteiger partial charge on any atom is 0.251 e. The number of carbonyl (C=O) groups is 1. The molecule has 7 heteroatoms. The Bertz CT molecular complexity index is 987. The molecule has 1 atom stereocenters. The second-order valence-electron chi connectivity index (χ2n) is 6.98. The van der Waals surface area contributed by atoms with Gasteiger partial charge in [0.2, 0.25) is 10.0 Å². The van der Waals surface area contributed by atoms with Crippen molar-refractivity contribution in [1.82, 2.24) is 5.32 Å². The number of aryl methyl sites for hydroxylation is 1. The zero-order valence-corrected chi connectivity index (χ0v) is 16.0. The molecule has 0 aromatic heterocycles. The van der Waals surface area contributed by atoms with Crippen molar-refractivity contribution in [2.75, 3.05) is 23.7 Å². The molecule has 0 spiro atoms. The van der Waals surface area contributed by atoms with Crippen LogP contribution in [0.1, 0.15) is 40.4 Å². The molecule has 0 saturated heterocycles. The first-order valence-corrected chi connectivity index (χ1v) is 10.9. The van der Waals surface area contributed by atoms with Gasteiger partial charge >= 0.3 is 0 Å². The third-order valence-corrected chi connectivity index (χ3v) is 6.26. The van der Waals surface area contributed by atoms with E-state index in [1.165, 1.54) is 10.6 Å². The Morgan fingerprint density at radius 2 is 2.04 bits per heavy atom. The number of nitrogens with one attached hydrogen (secondary N) is 1. The summed E-state index contributed by atoms with van der Waals surface area (Å²) in [5.41, 5.74) is 3.11. The number of rotatable bonds is 3. The van der Waals surface area contributed by atoms with Crippen LogP contribution in [0.2, 0.25) is 0 Å². The molecule has 0 aliphatic carbocycles. The number of hydrogen-bond donors (Lipinski definition) is 1. The Kier molecular flexibility index (Phi) is 4.55. The molecule has 2 aromatic carbocycles. The Labute approximate surface area is 159 Å². The van der Waals surface area contributed by atoms with E-state index in [0.29, 0.717) is 24.4 Å². The van der Waals surface area contributed by atoms with Crippen molar-refractivity contribution in [3.63, 3.8) is 0 Å². The first-order valence-electron chi connectivity index (χ1n) is 9.07.